The molecule has 98 valence electrons. The van der Waals surface area contributed by atoms with Gasteiger partial charge in [0.2, 0.25) is 0 Å². The third-order valence-electron chi connectivity index (χ3n) is 3.14. The number of aliphatic hydroxyl groups excluding tert-OH is 1. The average molecular weight is 334 g/mol. The van der Waals surface area contributed by atoms with Gasteiger partial charge < -0.3 is 15.3 Å². The lowest BCUT2D eigenvalue weighted by molar-refractivity contribution is 0.0581. The van der Waals surface area contributed by atoms with E-state index >= 15 is 0 Å². The number of amides is 1. The molecule has 2 N–H and O–H groups in total. The van der Waals surface area contributed by atoms with Crippen LogP contribution in [0.1, 0.15) is 10.4 Å². The van der Waals surface area contributed by atoms with E-state index < -0.39 is 6.10 Å². The fourth-order valence-corrected chi connectivity index (χ4v) is 2.53. The van der Waals surface area contributed by atoms with Crippen molar-refractivity contribution in [3.05, 3.63) is 33.3 Å². The lowest BCUT2D eigenvalue weighted by Gasteiger charge is -2.26. The van der Waals surface area contributed by atoms with Crippen molar-refractivity contribution in [2.45, 2.75) is 12.1 Å². The van der Waals surface area contributed by atoms with Crippen molar-refractivity contribution in [2.24, 2.45) is 0 Å². The Morgan fingerprint density at radius 2 is 2.28 bits per heavy atom. The quantitative estimate of drug-likeness (QED) is 0.862. The molecule has 1 heterocycles. The fourth-order valence-electron chi connectivity index (χ4n) is 2.03. The molecule has 4 nitrogen and oxygen atoms in total. The molecule has 0 saturated carbocycles. The molecule has 0 aliphatic carbocycles. The molecule has 0 unspecified atom stereocenters. The topological polar surface area (TPSA) is 52.6 Å². The standard InChI is InChI=1S/C12H14BrClN2O2/c1-16(10-5-15-6-11(10)17)12(18)7-2-3-9(14)8(13)4-7/h2-4,10-11,15,17H,5-6H2,1H3/t10-,11-/m0/s1. The van der Waals surface area contributed by atoms with Crippen LogP contribution in [-0.4, -0.2) is 48.2 Å². The van der Waals surface area contributed by atoms with Crippen molar-refractivity contribution in [1.82, 2.24) is 10.2 Å². The molecule has 1 aliphatic heterocycles. The Labute approximate surface area is 119 Å². The largest absolute Gasteiger partial charge is 0.390 e. The van der Waals surface area contributed by atoms with Crippen LogP contribution in [0.25, 0.3) is 0 Å². The zero-order valence-electron chi connectivity index (χ0n) is 9.86. The number of benzene rings is 1. The molecule has 1 aromatic rings. The molecule has 1 fully saturated rings. The summed E-state index contributed by atoms with van der Waals surface area (Å²) in [5.41, 5.74) is 0.549. The monoisotopic (exact) mass is 332 g/mol. The molecule has 1 aromatic carbocycles. The van der Waals surface area contributed by atoms with E-state index in [-0.39, 0.29) is 11.9 Å². The molecule has 1 aliphatic rings. The van der Waals surface area contributed by atoms with Crippen LogP contribution < -0.4 is 5.32 Å². The first kappa shape index (κ1) is 13.8. The molecule has 0 aromatic heterocycles. The van der Waals surface area contributed by atoms with Crippen LogP contribution >= 0.6 is 27.5 Å². The molecule has 0 bridgehead atoms. The number of likely N-dealkylation sites (N-methyl/N-ethyl adjacent to an activating group) is 1. The number of β-amino-alcohol motifs (C(OH)–C–C–N with tert-alkyl or cyclic N) is 1. The first-order valence-electron chi connectivity index (χ1n) is 5.61. The minimum absolute atomic E-state index is 0.125. The highest BCUT2D eigenvalue weighted by atomic mass is 79.9. The lowest BCUT2D eigenvalue weighted by Crippen LogP contribution is -2.44. The van der Waals surface area contributed by atoms with Crippen molar-refractivity contribution < 1.29 is 9.90 Å². The highest BCUT2D eigenvalue weighted by Crippen LogP contribution is 2.24. The SMILES string of the molecule is CN(C(=O)c1ccc(Cl)c(Br)c1)[C@H]1CNC[C@@H]1O. The number of hydrogen-bond acceptors (Lipinski definition) is 3. The Morgan fingerprint density at radius 3 is 2.83 bits per heavy atom. The summed E-state index contributed by atoms with van der Waals surface area (Å²) in [7, 11) is 1.70. The molecule has 2 atom stereocenters. The van der Waals surface area contributed by atoms with Gasteiger partial charge in [0.15, 0.2) is 0 Å². The van der Waals surface area contributed by atoms with Crippen molar-refractivity contribution in [3.8, 4) is 0 Å². The number of carbonyl (C=O) groups excluding carboxylic acids is 1. The van der Waals surface area contributed by atoms with Gasteiger partial charge in [-0.25, -0.2) is 0 Å². The normalized spacial score (nSPS) is 23.1. The van der Waals surface area contributed by atoms with Gasteiger partial charge in [0.1, 0.15) is 0 Å². The number of nitrogens with one attached hydrogen (secondary N) is 1. The van der Waals surface area contributed by atoms with E-state index in [1.54, 1.807) is 30.1 Å². The van der Waals surface area contributed by atoms with Gasteiger partial charge in [-0.05, 0) is 34.1 Å². The van der Waals surface area contributed by atoms with E-state index in [1.807, 2.05) is 0 Å². The van der Waals surface area contributed by atoms with Gasteiger partial charge in [-0.2, -0.15) is 0 Å². The first-order valence-corrected chi connectivity index (χ1v) is 6.79. The molecule has 0 radical (unpaired) electrons. The van der Waals surface area contributed by atoms with Crippen molar-refractivity contribution in [1.29, 1.82) is 0 Å². The summed E-state index contributed by atoms with van der Waals surface area (Å²) in [6, 6.07) is 4.86. The van der Waals surface area contributed by atoms with E-state index in [0.717, 1.165) is 0 Å². The Morgan fingerprint density at radius 1 is 1.56 bits per heavy atom. The second-order valence-corrected chi connectivity index (χ2v) is 5.60. The van der Waals surface area contributed by atoms with Gasteiger partial charge in [-0.15, -0.1) is 0 Å². The van der Waals surface area contributed by atoms with Crippen LogP contribution in [0.2, 0.25) is 5.02 Å². The van der Waals surface area contributed by atoms with Gasteiger partial charge in [0, 0.05) is 30.2 Å². The lowest BCUT2D eigenvalue weighted by atomic mass is 10.1. The fraction of sp³-hybridized carbons (Fsp3) is 0.417. The van der Waals surface area contributed by atoms with Crippen molar-refractivity contribution in [3.63, 3.8) is 0 Å². The van der Waals surface area contributed by atoms with E-state index in [4.69, 9.17) is 11.6 Å². The Kier molecular flexibility index (Phi) is 4.27. The number of hydrogen-bond donors (Lipinski definition) is 2. The highest BCUT2D eigenvalue weighted by molar-refractivity contribution is 9.10. The van der Waals surface area contributed by atoms with E-state index in [0.29, 0.717) is 28.1 Å². The first-order chi connectivity index (χ1) is 8.50. The Hall–Kier alpha value is -0.620. The van der Waals surface area contributed by atoms with E-state index in [2.05, 4.69) is 21.2 Å². The predicted molar refractivity (Wildman–Crippen MR) is 73.9 cm³/mol. The summed E-state index contributed by atoms with van der Waals surface area (Å²) in [5.74, 6) is -0.125. The summed E-state index contributed by atoms with van der Waals surface area (Å²) >= 11 is 9.19. The van der Waals surface area contributed by atoms with E-state index in [1.165, 1.54) is 0 Å². The van der Waals surface area contributed by atoms with E-state index in [9.17, 15) is 9.90 Å². The third kappa shape index (κ3) is 2.69. The molecule has 6 heteroatoms. The highest BCUT2D eigenvalue weighted by Gasteiger charge is 2.31. The summed E-state index contributed by atoms with van der Waals surface area (Å²) in [6.07, 6.45) is -0.519. The van der Waals surface area contributed by atoms with Gasteiger partial charge >= 0.3 is 0 Å². The van der Waals surface area contributed by atoms with Crippen LogP contribution in [0.4, 0.5) is 0 Å². The smallest absolute Gasteiger partial charge is 0.254 e. The number of carbonyl (C=O) groups is 1. The maximum absolute atomic E-state index is 12.3. The summed E-state index contributed by atoms with van der Waals surface area (Å²) in [5, 5.41) is 13.4. The minimum atomic E-state index is -0.519. The van der Waals surface area contributed by atoms with Gasteiger partial charge in [-0.1, -0.05) is 11.6 Å². The molecular formula is C12H14BrClN2O2. The molecule has 0 spiro atoms. The second-order valence-electron chi connectivity index (χ2n) is 4.34. The number of nitrogens with zero attached hydrogens (tertiary/aromatic N) is 1. The van der Waals surface area contributed by atoms with Gasteiger partial charge in [0.25, 0.3) is 5.91 Å². The van der Waals surface area contributed by atoms with Crippen LogP contribution in [0.15, 0.2) is 22.7 Å². The molecule has 1 amide bonds. The van der Waals surface area contributed by atoms with Gasteiger partial charge in [-0.3, -0.25) is 4.79 Å². The van der Waals surface area contributed by atoms with Crippen molar-refractivity contribution in [2.75, 3.05) is 20.1 Å². The third-order valence-corrected chi connectivity index (χ3v) is 4.35. The van der Waals surface area contributed by atoms with Crippen LogP contribution in [0.5, 0.6) is 0 Å². The average Bonchev–Trinajstić information content (AvgIpc) is 2.77. The Balaban J connectivity index is 2.17. The van der Waals surface area contributed by atoms with Crippen LogP contribution in [0.3, 0.4) is 0 Å². The number of halogens is 2. The van der Waals surface area contributed by atoms with Crippen molar-refractivity contribution >= 4 is 33.4 Å². The zero-order chi connectivity index (χ0) is 13.3. The van der Waals surface area contributed by atoms with Gasteiger partial charge in [0.05, 0.1) is 17.2 Å². The maximum Gasteiger partial charge on any atom is 0.254 e. The van der Waals surface area contributed by atoms with Crippen LogP contribution in [0, 0.1) is 0 Å². The molecule has 2 rings (SSSR count). The number of aliphatic hydroxyl groups is 1. The zero-order valence-corrected chi connectivity index (χ0v) is 12.2. The second kappa shape index (κ2) is 5.57. The maximum atomic E-state index is 12.3. The van der Waals surface area contributed by atoms with Crippen LogP contribution in [-0.2, 0) is 0 Å². The molecule has 1 saturated heterocycles. The Bertz CT molecular complexity index is 469. The predicted octanol–water partition coefficient (Wildman–Crippen LogP) is 1.51. The summed E-state index contributed by atoms with van der Waals surface area (Å²) in [4.78, 5) is 13.8. The number of rotatable bonds is 2. The molecule has 18 heavy (non-hydrogen) atoms. The summed E-state index contributed by atoms with van der Waals surface area (Å²) in [6.45, 7) is 1.13. The minimum Gasteiger partial charge on any atom is -0.390 e. The molecular weight excluding hydrogens is 320 g/mol. The summed E-state index contributed by atoms with van der Waals surface area (Å²) < 4.78 is 0.688.